The summed E-state index contributed by atoms with van der Waals surface area (Å²) in [5.41, 5.74) is 5.48. The van der Waals surface area contributed by atoms with Crippen LogP contribution in [0.15, 0.2) is 0 Å². The number of hydrogen-bond acceptors (Lipinski definition) is 3. The minimum absolute atomic E-state index is 0.0751. The zero-order valence-corrected chi connectivity index (χ0v) is 10.5. The van der Waals surface area contributed by atoms with E-state index in [9.17, 15) is 9.59 Å². The molecule has 0 radical (unpaired) electrons. The number of rotatable bonds is 7. The van der Waals surface area contributed by atoms with Crippen LogP contribution in [0.4, 0.5) is 0 Å². The maximum atomic E-state index is 11.6. The van der Waals surface area contributed by atoms with Gasteiger partial charge in [0.25, 0.3) is 0 Å². The van der Waals surface area contributed by atoms with Crippen molar-refractivity contribution in [1.29, 1.82) is 0 Å². The Morgan fingerprint density at radius 1 is 1.31 bits per heavy atom. The summed E-state index contributed by atoms with van der Waals surface area (Å²) in [7, 11) is 0. The summed E-state index contributed by atoms with van der Waals surface area (Å²) in [6.45, 7) is 7.47. The lowest BCUT2D eigenvalue weighted by molar-refractivity contribution is -0.130. The molecule has 0 aliphatic heterocycles. The standard InChI is InChI=1S/C11H23N3O2/c1-4-14(5-2)11(16)6-7-13-10(15)8-9(3)12/h9H,4-8,12H2,1-3H3,(H,13,15). The fourth-order valence-corrected chi connectivity index (χ4v) is 1.41. The van der Waals surface area contributed by atoms with Gasteiger partial charge in [0.15, 0.2) is 0 Å². The minimum Gasteiger partial charge on any atom is -0.356 e. The Morgan fingerprint density at radius 3 is 2.31 bits per heavy atom. The lowest BCUT2D eigenvalue weighted by Crippen LogP contribution is -2.35. The van der Waals surface area contributed by atoms with Gasteiger partial charge in [-0.25, -0.2) is 0 Å². The van der Waals surface area contributed by atoms with Crippen molar-refractivity contribution in [3.8, 4) is 0 Å². The van der Waals surface area contributed by atoms with Gasteiger partial charge in [-0.1, -0.05) is 0 Å². The summed E-state index contributed by atoms with van der Waals surface area (Å²) in [6, 6.07) is -0.140. The molecule has 0 bridgehead atoms. The number of nitrogens with one attached hydrogen (secondary N) is 1. The van der Waals surface area contributed by atoms with E-state index in [1.807, 2.05) is 13.8 Å². The van der Waals surface area contributed by atoms with E-state index in [-0.39, 0.29) is 17.9 Å². The first-order chi connectivity index (χ1) is 7.51. The Bertz CT molecular complexity index is 225. The SMILES string of the molecule is CCN(CC)C(=O)CCNC(=O)CC(C)N. The van der Waals surface area contributed by atoms with Crippen molar-refractivity contribution >= 4 is 11.8 Å². The molecule has 3 N–H and O–H groups in total. The second kappa shape index (κ2) is 8.10. The van der Waals surface area contributed by atoms with Crippen LogP contribution in [0.2, 0.25) is 0 Å². The molecular weight excluding hydrogens is 206 g/mol. The Kier molecular flexibility index (Phi) is 7.54. The van der Waals surface area contributed by atoms with E-state index >= 15 is 0 Å². The van der Waals surface area contributed by atoms with Crippen LogP contribution >= 0.6 is 0 Å². The van der Waals surface area contributed by atoms with E-state index in [0.717, 1.165) is 0 Å². The summed E-state index contributed by atoms with van der Waals surface area (Å²) in [6.07, 6.45) is 0.659. The van der Waals surface area contributed by atoms with Crippen LogP contribution in [0.1, 0.15) is 33.6 Å². The van der Waals surface area contributed by atoms with Gasteiger partial charge in [0.05, 0.1) is 0 Å². The predicted octanol–water partition coefficient (Wildman–Crippen LogP) is 0.0984. The van der Waals surface area contributed by atoms with E-state index in [1.165, 1.54) is 0 Å². The van der Waals surface area contributed by atoms with E-state index in [0.29, 0.717) is 32.5 Å². The van der Waals surface area contributed by atoms with E-state index < -0.39 is 0 Å². The van der Waals surface area contributed by atoms with Gasteiger partial charge in [0.2, 0.25) is 11.8 Å². The molecule has 1 unspecified atom stereocenters. The van der Waals surface area contributed by atoms with Crippen molar-refractivity contribution in [1.82, 2.24) is 10.2 Å². The molecule has 5 heteroatoms. The number of hydrogen-bond donors (Lipinski definition) is 2. The van der Waals surface area contributed by atoms with Crippen LogP contribution in [0, 0.1) is 0 Å². The predicted molar refractivity (Wildman–Crippen MR) is 63.8 cm³/mol. The third-order valence-corrected chi connectivity index (χ3v) is 2.28. The molecular formula is C11H23N3O2. The molecule has 0 saturated carbocycles. The van der Waals surface area contributed by atoms with Gasteiger partial charge in [-0.3, -0.25) is 9.59 Å². The molecule has 0 fully saturated rings. The van der Waals surface area contributed by atoms with Crippen molar-refractivity contribution in [2.75, 3.05) is 19.6 Å². The van der Waals surface area contributed by atoms with Crippen LogP contribution in [0.5, 0.6) is 0 Å². The molecule has 16 heavy (non-hydrogen) atoms. The fourth-order valence-electron chi connectivity index (χ4n) is 1.41. The third kappa shape index (κ3) is 6.40. The first-order valence-electron chi connectivity index (χ1n) is 5.81. The van der Waals surface area contributed by atoms with E-state index in [4.69, 9.17) is 5.73 Å². The van der Waals surface area contributed by atoms with Crippen LogP contribution in [-0.4, -0.2) is 42.4 Å². The quantitative estimate of drug-likeness (QED) is 0.650. The molecule has 0 aromatic carbocycles. The van der Waals surface area contributed by atoms with E-state index in [1.54, 1.807) is 11.8 Å². The van der Waals surface area contributed by atoms with Crippen molar-refractivity contribution in [3.63, 3.8) is 0 Å². The van der Waals surface area contributed by atoms with Crippen molar-refractivity contribution in [2.45, 2.75) is 39.7 Å². The molecule has 0 aromatic rings. The first kappa shape index (κ1) is 14.9. The highest BCUT2D eigenvalue weighted by Crippen LogP contribution is 1.93. The Morgan fingerprint density at radius 2 is 1.88 bits per heavy atom. The summed E-state index contributed by atoms with van der Waals surface area (Å²) in [4.78, 5) is 24.5. The van der Waals surface area contributed by atoms with Gasteiger partial charge in [0.1, 0.15) is 0 Å². The number of nitrogens with two attached hydrogens (primary N) is 1. The molecule has 0 aliphatic carbocycles. The van der Waals surface area contributed by atoms with Gasteiger partial charge < -0.3 is 16.0 Å². The summed E-state index contributed by atoms with van der Waals surface area (Å²) in [5.74, 6) is -0.0200. The van der Waals surface area contributed by atoms with Gasteiger partial charge >= 0.3 is 0 Å². The topological polar surface area (TPSA) is 75.4 Å². The maximum absolute atomic E-state index is 11.6. The zero-order valence-electron chi connectivity index (χ0n) is 10.5. The van der Waals surface area contributed by atoms with Gasteiger partial charge in [-0.05, 0) is 20.8 Å². The first-order valence-corrected chi connectivity index (χ1v) is 5.81. The number of carbonyl (C=O) groups is 2. The van der Waals surface area contributed by atoms with E-state index in [2.05, 4.69) is 5.32 Å². The van der Waals surface area contributed by atoms with Crippen molar-refractivity contribution in [2.24, 2.45) is 5.73 Å². The number of nitrogens with zero attached hydrogens (tertiary/aromatic N) is 1. The molecule has 2 amide bonds. The smallest absolute Gasteiger partial charge is 0.224 e. The van der Waals surface area contributed by atoms with Crippen molar-refractivity contribution < 1.29 is 9.59 Å². The second-order valence-corrected chi connectivity index (χ2v) is 3.85. The summed E-state index contributed by atoms with van der Waals surface area (Å²) in [5, 5.41) is 2.68. The normalized spacial score (nSPS) is 12.0. The van der Waals surface area contributed by atoms with Gasteiger partial charge in [-0.15, -0.1) is 0 Å². The van der Waals surface area contributed by atoms with Crippen LogP contribution < -0.4 is 11.1 Å². The molecule has 5 nitrogen and oxygen atoms in total. The van der Waals surface area contributed by atoms with Crippen molar-refractivity contribution in [3.05, 3.63) is 0 Å². The lowest BCUT2D eigenvalue weighted by atomic mass is 10.2. The number of carbonyl (C=O) groups excluding carboxylic acids is 2. The van der Waals surface area contributed by atoms with Crippen LogP contribution in [0.3, 0.4) is 0 Å². The second-order valence-electron chi connectivity index (χ2n) is 3.85. The average Bonchev–Trinajstić information content (AvgIpc) is 2.18. The molecule has 0 spiro atoms. The molecule has 1 atom stereocenters. The monoisotopic (exact) mass is 229 g/mol. The highest BCUT2D eigenvalue weighted by atomic mass is 16.2. The highest BCUT2D eigenvalue weighted by molar-refractivity contribution is 5.79. The van der Waals surface area contributed by atoms with Gasteiger partial charge in [-0.2, -0.15) is 0 Å². The molecule has 0 aromatic heterocycles. The Hall–Kier alpha value is -1.10. The maximum Gasteiger partial charge on any atom is 0.224 e. The molecule has 94 valence electrons. The molecule has 0 aliphatic rings. The lowest BCUT2D eigenvalue weighted by Gasteiger charge is -2.18. The largest absolute Gasteiger partial charge is 0.356 e. The van der Waals surface area contributed by atoms with Gasteiger partial charge in [0, 0.05) is 38.5 Å². The zero-order chi connectivity index (χ0) is 12.6. The Balaban J connectivity index is 3.73. The molecule has 0 rings (SSSR count). The molecule has 0 heterocycles. The summed E-state index contributed by atoms with van der Waals surface area (Å²) < 4.78 is 0. The summed E-state index contributed by atoms with van der Waals surface area (Å²) >= 11 is 0. The van der Waals surface area contributed by atoms with Crippen LogP contribution in [-0.2, 0) is 9.59 Å². The minimum atomic E-state index is -0.140. The average molecular weight is 229 g/mol. The third-order valence-electron chi connectivity index (χ3n) is 2.28. The Labute approximate surface area is 97.4 Å². The fraction of sp³-hybridized carbons (Fsp3) is 0.818. The highest BCUT2D eigenvalue weighted by Gasteiger charge is 2.10. The number of amides is 2. The molecule has 0 saturated heterocycles. The van der Waals surface area contributed by atoms with Crippen LogP contribution in [0.25, 0.3) is 0 Å².